The van der Waals surface area contributed by atoms with Gasteiger partial charge >= 0.3 is 0 Å². The highest BCUT2D eigenvalue weighted by atomic mass is 16.3. The van der Waals surface area contributed by atoms with Gasteiger partial charge in [-0.3, -0.25) is 0 Å². The molecule has 1 rings (SSSR count). The van der Waals surface area contributed by atoms with Crippen molar-refractivity contribution >= 4 is 0 Å². The molecule has 84 valence electrons. The number of rotatable bonds is 3. The highest BCUT2D eigenvalue weighted by Gasteiger charge is 2.48. The molecular weight excluding hydrogens is 176 g/mol. The first-order valence-corrected chi connectivity index (χ1v) is 5.61. The molecule has 1 aliphatic rings. The van der Waals surface area contributed by atoms with Crippen molar-refractivity contribution in [3.63, 3.8) is 0 Å². The largest absolute Gasteiger partial charge is 0.389 e. The second-order valence-electron chi connectivity index (χ2n) is 5.07. The standard InChI is InChI=1S/C11H24N2O/c1-4-9-7-13-6-5-11(9,14)10(2,3)8-12/h9,13-14H,4-8,12H2,1-3H3. The Morgan fingerprint density at radius 2 is 2.21 bits per heavy atom. The fourth-order valence-electron chi connectivity index (χ4n) is 2.48. The average molecular weight is 200 g/mol. The normalized spacial score (nSPS) is 34.5. The topological polar surface area (TPSA) is 58.3 Å². The number of nitrogens with one attached hydrogen (secondary N) is 1. The minimum atomic E-state index is -0.595. The monoisotopic (exact) mass is 200 g/mol. The van der Waals surface area contributed by atoms with Gasteiger partial charge in [-0.05, 0) is 19.4 Å². The Balaban J connectivity index is 2.87. The minimum absolute atomic E-state index is 0.185. The first-order valence-electron chi connectivity index (χ1n) is 5.61. The van der Waals surface area contributed by atoms with Gasteiger partial charge in [0, 0.05) is 24.4 Å². The van der Waals surface area contributed by atoms with Gasteiger partial charge in [-0.2, -0.15) is 0 Å². The van der Waals surface area contributed by atoms with Crippen molar-refractivity contribution in [3.8, 4) is 0 Å². The molecule has 1 saturated heterocycles. The molecule has 0 aromatic heterocycles. The summed E-state index contributed by atoms with van der Waals surface area (Å²) in [5.41, 5.74) is 4.98. The third-order valence-corrected chi connectivity index (χ3v) is 3.92. The summed E-state index contributed by atoms with van der Waals surface area (Å²) >= 11 is 0. The average Bonchev–Trinajstić information content (AvgIpc) is 2.18. The molecule has 14 heavy (non-hydrogen) atoms. The highest BCUT2D eigenvalue weighted by molar-refractivity contribution is 5.01. The van der Waals surface area contributed by atoms with Gasteiger partial charge in [-0.15, -0.1) is 0 Å². The number of nitrogens with two attached hydrogens (primary N) is 1. The van der Waals surface area contributed by atoms with Crippen molar-refractivity contribution in [1.82, 2.24) is 5.32 Å². The van der Waals surface area contributed by atoms with E-state index < -0.39 is 5.60 Å². The Hall–Kier alpha value is -0.120. The van der Waals surface area contributed by atoms with Crippen LogP contribution in [0.4, 0.5) is 0 Å². The summed E-state index contributed by atoms with van der Waals surface area (Å²) in [7, 11) is 0. The maximum Gasteiger partial charge on any atom is 0.0762 e. The molecule has 1 aliphatic heterocycles. The SMILES string of the molecule is CCC1CNCCC1(O)C(C)(C)CN. The summed E-state index contributed by atoms with van der Waals surface area (Å²) in [4.78, 5) is 0. The summed E-state index contributed by atoms with van der Waals surface area (Å²) in [6.07, 6.45) is 1.82. The molecule has 0 amide bonds. The van der Waals surface area contributed by atoms with Crippen molar-refractivity contribution in [2.75, 3.05) is 19.6 Å². The van der Waals surface area contributed by atoms with E-state index >= 15 is 0 Å². The predicted octanol–water partition coefficient (Wildman–Crippen LogP) is 0.722. The molecular formula is C11H24N2O. The van der Waals surface area contributed by atoms with Crippen LogP contribution in [0.5, 0.6) is 0 Å². The summed E-state index contributed by atoms with van der Waals surface area (Å²) < 4.78 is 0. The zero-order valence-electron chi connectivity index (χ0n) is 9.64. The second-order valence-corrected chi connectivity index (χ2v) is 5.07. The van der Waals surface area contributed by atoms with Crippen LogP contribution in [0.1, 0.15) is 33.6 Å². The molecule has 0 aliphatic carbocycles. The fourth-order valence-corrected chi connectivity index (χ4v) is 2.48. The zero-order valence-corrected chi connectivity index (χ0v) is 9.64. The highest BCUT2D eigenvalue weighted by Crippen LogP contribution is 2.41. The molecule has 0 spiro atoms. The predicted molar refractivity (Wildman–Crippen MR) is 59.1 cm³/mol. The van der Waals surface area contributed by atoms with Gasteiger partial charge in [0.25, 0.3) is 0 Å². The Kier molecular flexibility index (Phi) is 3.56. The molecule has 0 saturated carbocycles. The Morgan fingerprint density at radius 1 is 1.57 bits per heavy atom. The molecule has 0 aromatic carbocycles. The molecule has 2 atom stereocenters. The Labute approximate surface area is 87.1 Å². The number of aliphatic hydroxyl groups is 1. The van der Waals surface area contributed by atoms with E-state index in [1.165, 1.54) is 0 Å². The maximum atomic E-state index is 10.7. The van der Waals surface area contributed by atoms with Gasteiger partial charge in [0.05, 0.1) is 5.60 Å². The van der Waals surface area contributed by atoms with Crippen LogP contribution in [0.25, 0.3) is 0 Å². The van der Waals surface area contributed by atoms with E-state index in [4.69, 9.17) is 5.73 Å². The lowest BCUT2D eigenvalue weighted by Gasteiger charge is -2.50. The molecule has 3 nitrogen and oxygen atoms in total. The van der Waals surface area contributed by atoms with Gasteiger partial charge in [0.2, 0.25) is 0 Å². The van der Waals surface area contributed by atoms with Crippen molar-refractivity contribution in [1.29, 1.82) is 0 Å². The van der Waals surface area contributed by atoms with Crippen LogP contribution >= 0.6 is 0 Å². The minimum Gasteiger partial charge on any atom is -0.389 e. The van der Waals surface area contributed by atoms with Crippen LogP contribution in [0, 0.1) is 11.3 Å². The first-order chi connectivity index (χ1) is 6.48. The fraction of sp³-hybridized carbons (Fsp3) is 1.00. The van der Waals surface area contributed by atoms with E-state index in [9.17, 15) is 5.11 Å². The van der Waals surface area contributed by atoms with Crippen molar-refractivity contribution in [2.24, 2.45) is 17.1 Å². The van der Waals surface area contributed by atoms with Crippen LogP contribution in [0.15, 0.2) is 0 Å². The molecule has 0 aromatic rings. The van der Waals surface area contributed by atoms with Crippen molar-refractivity contribution in [2.45, 2.75) is 39.2 Å². The van der Waals surface area contributed by atoms with E-state index in [2.05, 4.69) is 26.1 Å². The number of hydrogen-bond acceptors (Lipinski definition) is 3. The van der Waals surface area contributed by atoms with E-state index in [1.54, 1.807) is 0 Å². The van der Waals surface area contributed by atoms with Crippen LogP contribution in [0.3, 0.4) is 0 Å². The molecule has 0 radical (unpaired) electrons. The van der Waals surface area contributed by atoms with E-state index in [1.807, 2.05) is 0 Å². The summed E-state index contributed by atoms with van der Waals surface area (Å²) in [6, 6.07) is 0. The van der Waals surface area contributed by atoms with Crippen molar-refractivity contribution in [3.05, 3.63) is 0 Å². The first kappa shape index (κ1) is 12.0. The van der Waals surface area contributed by atoms with Gasteiger partial charge in [-0.1, -0.05) is 20.8 Å². The number of piperidine rings is 1. The molecule has 4 N–H and O–H groups in total. The Morgan fingerprint density at radius 3 is 2.71 bits per heavy atom. The van der Waals surface area contributed by atoms with Crippen molar-refractivity contribution < 1.29 is 5.11 Å². The maximum absolute atomic E-state index is 10.7. The molecule has 0 bridgehead atoms. The smallest absolute Gasteiger partial charge is 0.0762 e. The van der Waals surface area contributed by atoms with Gasteiger partial charge in [-0.25, -0.2) is 0 Å². The van der Waals surface area contributed by atoms with Crippen LogP contribution in [0.2, 0.25) is 0 Å². The summed E-state index contributed by atoms with van der Waals surface area (Å²) in [5, 5.41) is 14.1. The lowest BCUT2D eigenvalue weighted by Crippen LogP contribution is -2.60. The molecule has 1 fully saturated rings. The van der Waals surface area contributed by atoms with Gasteiger partial charge in [0.15, 0.2) is 0 Å². The third-order valence-electron chi connectivity index (χ3n) is 3.92. The van der Waals surface area contributed by atoms with E-state index in [0.29, 0.717) is 12.5 Å². The van der Waals surface area contributed by atoms with E-state index in [-0.39, 0.29) is 5.41 Å². The molecule has 2 unspecified atom stereocenters. The lowest BCUT2D eigenvalue weighted by molar-refractivity contribution is -0.125. The van der Waals surface area contributed by atoms with Gasteiger partial charge in [0.1, 0.15) is 0 Å². The van der Waals surface area contributed by atoms with E-state index in [0.717, 1.165) is 25.9 Å². The third kappa shape index (κ3) is 1.81. The molecule has 1 heterocycles. The van der Waals surface area contributed by atoms with Crippen LogP contribution < -0.4 is 11.1 Å². The van der Waals surface area contributed by atoms with Crippen LogP contribution in [-0.2, 0) is 0 Å². The van der Waals surface area contributed by atoms with Gasteiger partial charge < -0.3 is 16.2 Å². The Bertz CT molecular complexity index is 194. The number of hydrogen-bond donors (Lipinski definition) is 3. The zero-order chi connectivity index (χ0) is 10.8. The molecule has 3 heteroatoms. The second kappa shape index (κ2) is 4.17. The summed E-state index contributed by atoms with van der Waals surface area (Å²) in [6.45, 7) is 8.63. The quantitative estimate of drug-likeness (QED) is 0.629. The summed E-state index contributed by atoms with van der Waals surface area (Å²) in [5.74, 6) is 0.329. The lowest BCUT2D eigenvalue weighted by atomic mass is 9.64. The van der Waals surface area contributed by atoms with Crippen LogP contribution in [-0.4, -0.2) is 30.3 Å².